The smallest absolute Gasteiger partial charge is 0.267 e. The Kier molecular flexibility index (Phi) is 6.49. The fourth-order valence-corrected chi connectivity index (χ4v) is 2.80. The fraction of sp³-hybridized carbons (Fsp3) is 0.143. The zero-order valence-corrected chi connectivity index (χ0v) is 16.3. The van der Waals surface area contributed by atoms with Gasteiger partial charge in [-0.2, -0.15) is 0 Å². The van der Waals surface area contributed by atoms with Crippen LogP contribution in [0.25, 0.3) is 11.4 Å². The highest BCUT2D eigenvalue weighted by Gasteiger charge is 2.19. The van der Waals surface area contributed by atoms with Crippen LogP contribution in [0.15, 0.2) is 53.5 Å². The Morgan fingerprint density at radius 2 is 1.71 bits per heavy atom. The van der Waals surface area contributed by atoms with Gasteiger partial charge in [0.2, 0.25) is 5.91 Å². The maximum atomic E-state index is 13.8. The quantitative estimate of drug-likeness (QED) is 0.629. The Morgan fingerprint density at radius 1 is 1.03 bits per heavy atom. The predicted molar refractivity (Wildman–Crippen MR) is 107 cm³/mol. The lowest BCUT2D eigenvalue weighted by molar-refractivity contribution is -0.116. The van der Waals surface area contributed by atoms with Crippen molar-refractivity contribution in [3.05, 3.63) is 82.0 Å². The second kappa shape index (κ2) is 9.24. The molecule has 10 heteroatoms. The Labute approximate surface area is 174 Å². The third-order valence-corrected chi connectivity index (χ3v) is 4.24. The van der Waals surface area contributed by atoms with Gasteiger partial charge in [0.25, 0.3) is 11.5 Å². The summed E-state index contributed by atoms with van der Waals surface area (Å²) < 4.78 is 41.1. The summed E-state index contributed by atoms with van der Waals surface area (Å²) in [7, 11) is 0. The first-order chi connectivity index (χ1) is 14.8. The van der Waals surface area contributed by atoms with Crippen LogP contribution >= 0.6 is 0 Å². The number of halogens is 3. The van der Waals surface area contributed by atoms with Crippen molar-refractivity contribution >= 4 is 17.5 Å². The second-order valence-corrected chi connectivity index (χ2v) is 6.43. The van der Waals surface area contributed by atoms with Crippen molar-refractivity contribution in [1.29, 1.82) is 0 Å². The van der Waals surface area contributed by atoms with E-state index in [1.54, 1.807) is 6.92 Å². The van der Waals surface area contributed by atoms with E-state index < -0.39 is 41.4 Å². The highest BCUT2D eigenvalue weighted by molar-refractivity contribution is 5.94. The van der Waals surface area contributed by atoms with Gasteiger partial charge in [-0.25, -0.2) is 18.2 Å². The average Bonchev–Trinajstić information content (AvgIpc) is 2.72. The molecule has 0 unspecified atom stereocenters. The summed E-state index contributed by atoms with van der Waals surface area (Å²) in [6.45, 7) is 1.31. The molecule has 2 amide bonds. The van der Waals surface area contributed by atoms with Crippen molar-refractivity contribution in [2.75, 3.05) is 11.9 Å². The van der Waals surface area contributed by atoms with Crippen molar-refractivity contribution < 1.29 is 22.8 Å². The number of nitrogens with zero attached hydrogens (tertiary/aromatic N) is 2. The molecular formula is C21H17F3N4O3. The molecule has 1 aromatic heterocycles. The molecule has 31 heavy (non-hydrogen) atoms. The van der Waals surface area contributed by atoms with E-state index >= 15 is 0 Å². The first-order valence-corrected chi connectivity index (χ1v) is 9.19. The highest BCUT2D eigenvalue weighted by Crippen LogP contribution is 2.18. The van der Waals surface area contributed by atoms with Crippen molar-refractivity contribution in [2.24, 2.45) is 0 Å². The lowest BCUT2D eigenvalue weighted by atomic mass is 10.2. The topological polar surface area (TPSA) is 93.1 Å². The molecule has 3 aromatic rings. The molecule has 0 aliphatic rings. The summed E-state index contributed by atoms with van der Waals surface area (Å²) in [5.41, 5.74) is -1.07. The number of benzene rings is 2. The highest BCUT2D eigenvalue weighted by atomic mass is 19.1. The van der Waals surface area contributed by atoms with Crippen LogP contribution in [0.5, 0.6) is 0 Å². The normalized spacial score (nSPS) is 10.6. The number of anilines is 1. The number of aromatic nitrogens is 2. The van der Waals surface area contributed by atoms with Crippen LogP contribution in [0.3, 0.4) is 0 Å². The SMILES string of the molecule is CCNC(=O)c1cnc(-c2ccc(F)cc2)n(CC(=O)Nc2ccc(F)cc2F)c1=O. The first kappa shape index (κ1) is 21.8. The summed E-state index contributed by atoms with van der Waals surface area (Å²) in [4.78, 5) is 41.7. The Bertz CT molecular complexity index is 1190. The molecule has 3 rings (SSSR count). The van der Waals surface area contributed by atoms with E-state index in [9.17, 15) is 27.6 Å². The second-order valence-electron chi connectivity index (χ2n) is 6.43. The minimum absolute atomic E-state index is 0.00720. The van der Waals surface area contributed by atoms with E-state index in [2.05, 4.69) is 15.6 Å². The maximum absolute atomic E-state index is 13.8. The molecule has 7 nitrogen and oxygen atoms in total. The average molecular weight is 430 g/mol. The van der Waals surface area contributed by atoms with Gasteiger partial charge in [-0.15, -0.1) is 0 Å². The predicted octanol–water partition coefficient (Wildman–Crippen LogP) is 2.72. The molecule has 0 fully saturated rings. The molecule has 1 heterocycles. The first-order valence-electron chi connectivity index (χ1n) is 9.19. The van der Waals surface area contributed by atoms with Crippen molar-refractivity contribution in [1.82, 2.24) is 14.9 Å². The third kappa shape index (κ3) is 4.97. The standard InChI is InChI=1S/C21H17F3N4O3/c1-2-25-20(30)15-10-26-19(12-3-5-13(22)6-4-12)28(21(15)31)11-18(29)27-17-8-7-14(23)9-16(17)24/h3-10H,2,11H2,1H3,(H,25,30)(H,27,29). The van der Waals surface area contributed by atoms with Crippen LogP contribution in [-0.2, 0) is 11.3 Å². The largest absolute Gasteiger partial charge is 0.352 e. The number of rotatable bonds is 6. The van der Waals surface area contributed by atoms with E-state index in [0.29, 0.717) is 11.6 Å². The van der Waals surface area contributed by atoms with Gasteiger partial charge in [0.1, 0.15) is 35.4 Å². The Hall–Kier alpha value is -3.95. The number of nitrogens with one attached hydrogen (secondary N) is 2. The minimum Gasteiger partial charge on any atom is -0.352 e. The van der Waals surface area contributed by atoms with Gasteiger partial charge in [-0.1, -0.05) is 0 Å². The molecule has 2 aromatic carbocycles. The van der Waals surface area contributed by atoms with Gasteiger partial charge in [-0.3, -0.25) is 19.0 Å². The third-order valence-electron chi connectivity index (χ3n) is 4.24. The molecule has 0 radical (unpaired) electrons. The summed E-state index contributed by atoms with van der Waals surface area (Å²) in [5.74, 6) is -3.80. The van der Waals surface area contributed by atoms with Crippen molar-refractivity contribution in [3.63, 3.8) is 0 Å². The fourth-order valence-electron chi connectivity index (χ4n) is 2.80. The number of carbonyl (C=O) groups is 2. The van der Waals surface area contributed by atoms with Crippen LogP contribution < -0.4 is 16.2 Å². The lowest BCUT2D eigenvalue weighted by Gasteiger charge is -2.14. The molecule has 0 spiro atoms. The monoisotopic (exact) mass is 430 g/mol. The number of amides is 2. The van der Waals surface area contributed by atoms with Gasteiger partial charge in [0, 0.05) is 24.4 Å². The number of carbonyl (C=O) groups excluding carboxylic acids is 2. The summed E-state index contributed by atoms with van der Waals surface area (Å²) in [6.07, 6.45) is 1.07. The molecular weight excluding hydrogens is 413 g/mol. The minimum atomic E-state index is -0.992. The summed E-state index contributed by atoms with van der Waals surface area (Å²) >= 11 is 0. The van der Waals surface area contributed by atoms with Crippen LogP contribution in [0.1, 0.15) is 17.3 Å². The zero-order valence-electron chi connectivity index (χ0n) is 16.3. The lowest BCUT2D eigenvalue weighted by Crippen LogP contribution is -2.36. The van der Waals surface area contributed by atoms with E-state index in [1.807, 2.05) is 0 Å². The molecule has 160 valence electrons. The Morgan fingerprint density at radius 3 is 2.35 bits per heavy atom. The molecule has 0 bridgehead atoms. The van der Waals surface area contributed by atoms with Crippen LogP contribution in [0.4, 0.5) is 18.9 Å². The summed E-state index contributed by atoms with van der Waals surface area (Å²) in [6, 6.07) is 7.62. The number of hydrogen-bond acceptors (Lipinski definition) is 4. The number of hydrogen-bond donors (Lipinski definition) is 2. The Balaban J connectivity index is 2.01. The van der Waals surface area contributed by atoms with E-state index in [-0.39, 0.29) is 23.6 Å². The van der Waals surface area contributed by atoms with Crippen molar-refractivity contribution in [3.8, 4) is 11.4 Å². The van der Waals surface area contributed by atoms with Gasteiger partial charge in [0.05, 0.1) is 5.69 Å². The molecule has 0 atom stereocenters. The maximum Gasteiger partial charge on any atom is 0.267 e. The van der Waals surface area contributed by atoms with Crippen LogP contribution in [-0.4, -0.2) is 27.9 Å². The van der Waals surface area contributed by atoms with E-state index in [0.717, 1.165) is 35.0 Å². The van der Waals surface area contributed by atoms with Gasteiger partial charge >= 0.3 is 0 Å². The van der Waals surface area contributed by atoms with Crippen LogP contribution in [0.2, 0.25) is 0 Å². The zero-order chi connectivity index (χ0) is 22.5. The van der Waals surface area contributed by atoms with Crippen LogP contribution in [0, 0.1) is 17.5 Å². The van der Waals surface area contributed by atoms with Gasteiger partial charge < -0.3 is 10.6 Å². The summed E-state index contributed by atoms with van der Waals surface area (Å²) in [5, 5.41) is 4.72. The van der Waals surface area contributed by atoms with Crippen molar-refractivity contribution in [2.45, 2.75) is 13.5 Å². The molecule has 0 aliphatic heterocycles. The van der Waals surface area contributed by atoms with E-state index in [4.69, 9.17) is 0 Å². The van der Waals surface area contributed by atoms with Gasteiger partial charge in [-0.05, 0) is 43.3 Å². The molecule has 0 saturated carbocycles. The van der Waals surface area contributed by atoms with E-state index in [1.165, 1.54) is 12.1 Å². The molecule has 2 N–H and O–H groups in total. The molecule has 0 aliphatic carbocycles. The molecule has 0 saturated heterocycles. The van der Waals surface area contributed by atoms with Gasteiger partial charge in [0.15, 0.2) is 0 Å².